The first-order chi connectivity index (χ1) is 7.37. The zero-order chi connectivity index (χ0) is 12.0. The molecule has 0 amide bonds. The summed E-state index contributed by atoms with van der Waals surface area (Å²) >= 11 is 0. The van der Waals surface area contributed by atoms with E-state index >= 15 is 0 Å². The third kappa shape index (κ3) is 1.67. The number of aromatic amines is 1. The van der Waals surface area contributed by atoms with Crippen molar-refractivity contribution in [3.05, 3.63) is 17.7 Å². The summed E-state index contributed by atoms with van der Waals surface area (Å²) in [6.45, 7) is 13.5. The van der Waals surface area contributed by atoms with Gasteiger partial charge in [0.15, 0.2) is 0 Å². The van der Waals surface area contributed by atoms with Crippen molar-refractivity contribution < 1.29 is 0 Å². The first-order valence-corrected chi connectivity index (χ1v) is 6.07. The lowest BCUT2D eigenvalue weighted by Crippen LogP contribution is -2.19. The van der Waals surface area contributed by atoms with E-state index in [4.69, 9.17) is 0 Å². The first kappa shape index (κ1) is 11.6. The summed E-state index contributed by atoms with van der Waals surface area (Å²) in [6, 6.07) is 0. The van der Waals surface area contributed by atoms with E-state index in [9.17, 15) is 0 Å². The highest BCUT2D eigenvalue weighted by Gasteiger charge is 2.63. The molecule has 1 aliphatic carbocycles. The molecule has 2 rings (SSSR count). The van der Waals surface area contributed by atoms with Crippen molar-refractivity contribution >= 4 is 0 Å². The van der Waals surface area contributed by atoms with E-state index in [0.29, 0.717) is 10.8 Å². The fourth-order valence-corrected chi connectivity index (χ4v) is 2.74. The number of nitrogens with zero attached hydrogens (tertiary/aromatic N) is 1. The molecule has 0 aromatic carbocycles. The second-order valence-corrected chi connectivity index (χ2v) is 6.10. The molecule has 0 aliphatic heterocycles. The Morgan fingerprint density at radius 1 is 1.31 bits per heavy atom. The summed E-state index contributed by atoms with van der Waals surface area (Å²) in [7, 11) is 0. The van der Waals surface area contributed by atoms with Gasteiger partial charge in [-0.1, -0.05) is 27.7 Å². The molecule has 1 fully saturated rings. The molecule has 3 nitrogen and oxygen atoms in total. The van der Waals surface area contributed by atoms with E-state index in [1.54, 1.807) is 6.33 Å². The lowest BCUT2D eigenvalue weighted by molar-refractivity contribution is 0.457. The quantitative estimate of drug-likeness (QED) is 0.820. The number of hydrogen-bond acceptors (Lipinski definition) is 2. The molecule has 0 radical (unpaired) electrons. The average molecular weight is 221 g/mol. The highest BCUT2D eigenvalue weighted by atomic mass is 15.0. The van der Waals surface area contributed by atoms with Gasteiger partial charge in [-0.05, 0) is 30.2 Å². The van der Waals surface area contributed by atoms with Crippen LogP contribution in [0.4, 0.5) is 0 Å². The van der Waals surface area contributed by atoms with Crippen molar-refractivity contribution in [3.63, 3.8) is 0 Å². The van der Waals surface area contributed by atoms with Crippen molar-refractivity contribution in [2.24, 2.45) is 16.7 Å². The monoisotopic (exact) mass is 221 g/mol. The largest absolute Gasteiger partial charge is 0.348 e. The lowest BCUT2D eigenvalue weighted by atomic mass is 10.0. The fourth-order valence-electron chi connectivity index (χ4n) is 2.74. The van der Waals surface area contributed by atoms with Crippen molar-refractivity contribution in [1.29, 1.82) is 0 Å². The minimum atomic E-state index is 0.473. The van der Waals surface area contributed by atoms with E-state index in [-0.39, 0.29) is 0 Å². The minimum absolute atomic E-state index is 0.473. The Balaban J connectivity index is 1.81. The number of aryl methyl sites for hydroxylation is 1. The predicted octanol–water partition coefficient (Wildman–Crippen LogP) is 2.49. The maximum Gasteiger partial charge on any atom is 0.0925 e. The van der Waals surface area contributed by atoms with E-state index in [2.05, 4.69) is 49.9 Å². The lowest BCUT2D eigenvalue weighted by Gasteiger charge is -2.04. The maximum atomic E-state index is 4.29. The Kier molecular flexibility index (Phi) is 2.61. The third-order valence-corrected chi connectivity index (χ3v) is 4.89. The molecule has 0 atom stereocenters. The van der Waals surface area contributed by atoms with Gasteiger partial charge in [-0.25, -0.2) is 4.98 Å². The molecule has 1 aromatic heterocycles. The van der Waals surface area contributed by atoms with Gasteiger partial charge >= 0.3 is 0 Å². The van der Waals surface area contributed by atoms with Crippen LogP contribution in [-0.4, -0.2) is 16.5 Å². The number of imidazole rings is 1. The van der Waals surface area contributed by atoms with Crippen LogP contribution in [-0.2, 0) is 6.54 Å². The highest BCUT2D eigenvalue weighted by Crippen LogP contribution is 2.67. The normalized spacial score (nSPS) is 22.3. The Bertz CT molecular complexity index is 362. The van der Waals surface area contributed by atoms with Crippen LogP contribution in [0, 0.1) is 23.7 Å². The summed E-state index contributed by atoms with van der Waals surface area (Å²) in [6.07, 6.45) is 1.76. The van der Waals surface area contributed by atoms with Crippen LogP contribution >= 0.6 is 0 Å². The zero-order valence-corrected chi connectivity index (χ0v) is 11.0. The Morgan fingerprint density at radius 2 is 1.94 bits per heavy atom. The Morgan fingerprint density at radius 3 is 2.38 bits per heavy atom. The van der Waals surface area contributed by atoms with Gasteiger partial charge in [0.05, 0.1) is 12.0 Å². The first-order valence-electron chi connectivity index (χ1n) is 6.07. The van der Waals surface area contributed by atoms with E-state index in [0.717, 1.165) is 24.7 Å². The molecule has 16 heavy (non-hydrogen) atoms. The van der Waals surface area contributed by atoms with Gasteiger partial charge in [-0.2, -0.15) is 0 Å². The van der Waals surface area contributed by atoms with Crippen LogP contribution < -0.4 is 5.32 Å². The van der Waals surface area contributed by atoms with E-state index < -0.39 is 0 Å². The summed E-state index contributed by atoms with van der Waals surface area (Å²) < 4.78 is 0. The third-order valence-electron chi connectivity index (χ3n) is 4.89. The number of H-pyrrole nitrogens is 1. The van der Waals surface area contributed by atoms with Crippen molar-refractivity contribution in [2.75, 3.05) is 6.54 Å². The van der Waals surface area contributed by atoms with Crippen LogP contribution in [0.25, 0.3) is 0 Å². The van der Waals surface area contributed by atoms with Gasteiger partial charge in [-0.15, -0.1) is 0 Å². The Labute approximate surface area is 98.1 Å². The molecule has 0 spiro atoms. The second kappa shape index (κ2) is 3.59. The average Bonchev–Trinajstić information content (AvgIpc) is 2.52. The summed E-state index contributed by atoms with van der Waals surface area (Å²) in [5, 5.41) is 3.52. The molecule has 2 N–H and O–H groups in total. The molecular formula is C13H23N3. The van der Waals surface area contributed by atoms with Gasteiger partial charge < -0.3 is 10.3 Å². The second-order valence-electron chi connectivity index (χ2n) is 6.10. The van der Waals surface area contributed by atoms with Gasteiger partial charge in [-0.3, -0.25) is 0 Å². The minimum Gasteiger partial charge on any atom is -0.348 e. The van der Waals surface area contributed by atoms with Gasteiger partial charge in [0.25, 0.3) is 0 Å². The zero-order valence-electron chi connectivity index (χ0n) is 11.0. The van der Waals surface area contributed by atoms with Gasteiger partial charge in [0.2, 0.25) is 0 Å². The van der Waals surface area contributed by atoms with E-state index in [1.807, 2.05) is 0 Å². The molecule has 0 unspecified atom stereocenters. The smallest absolute Gasteiger partial charge is 0.0925 e. The molecule has 1 aliphatic rings. The van der Waals surface area contributed by atoms with Crippen LogP contribution in [0.5, 0.6) is 0 Å². The van der Waals surface area contributed by atoms with Crippen molar-refractivity contribution in [3.8, 4) is 0 Å². The molecule has 3 heteroatoms. The van der Waals surface area contributed by atoms with Crippen molar-refractivity contribution in [1.82, 2.24) is 15.3 Å². The molecule has 90 valence electrons. The molecular weight excluding hydrogens is 198 g/mol. The maximum absolute atomic E-state index is 4.29. The van der Waals surface area contributed by atoms with E-state index in [1.165, 1.54) is 5.69 Å². The molecule has 0 saturated heterocycles. The highest BCUT2D eigenvalue weighted by molar-refractivity contribution is 5.13. The van der Waals surface area contributed by atoms with Crippen LogP contribution in [0.15, 0.2) is 6.33 Å². The Hall–Kier alpha value is -0.830. The standard InChI is InChI=1S/C13H23N3/c1-9-10(16-8-15-9)6-14-7-11-12(2,3)13(11,4)5/h8,11,14H,6-7H2,1-5H3,(H,15,16). The number of aromatic nitrogens is 2. The molecule has 1 saturated carbocycles. The SMILES string of the molecule is Cc1[nH]cnc1CNCC1C(C)(C)C1(C)C. The van der Waals surface area contributed by atoms with Crippen LogP contribution in [0.3, 0.4) is 0 Å². The number of hydrogen-bond donors (Lipinski definition) is 2. The van der Waals surface area contributed by atoms with Gasteiger partial charge in [0, 0.05) is 12.2 Å². The summed E-state index contributed by atoms with van der Waals surface area (Å²) in [4.78, 5) is 7.39. The topological polar surface area (TPSA) is 40.7 Å². The predicted molar refractivity (Wildman–Crippen MR) is 66.1 cm³/mol. The molecule has 1 heterocycles. The van der Waals surface area contributed by atoms with Crippen LogP contribution in [0.2, 0.25) is 0 Å². The summed E-state index contributed by atoms with van der Waals surface area (Å²) in [5.74, 6) is 0.777. The fraction of sp³-hybridized carbons (Fsp3) is 0.769. The molecule has 0 bridgehead atoms. The number of rotatable bonds is 4. The number of nitrogens with one attached hydrogen (secondary N) is 2. The molecule has 1 aromatic rings. The van der Waals surface area contributed by atoms with Crippen molar-refractivity contribution in [2.45, 2.75) is 41.2 Å². The van der Waals surface area contributed by atoms with Gasteiger partial charge in [0.1, 0.15) is 0 Å². The summed E-state index contributed by atoms with van der Waals surface area (Å²) in [5.41, 5.74) is 3.25. The van der Waals surface area contributed by atoms with Crippen LogP contribution in [0.1, 0.15) is 39.1 Å².